The molecule has 0 radical (unpaired) electrons. The lowest BCUT2D eigenvalue weighted by Crippen LogP contribution is -2.39. The fraction of sp³-hybridized carbons (Fsp3) is 0.350. The van der Waals surface area contributed by atoms with E-state index in [1.165, 1.54) is 0 Å². The Labute approximate surface area is 184 Å². The Hall–Kier alpha value is -1.80. The molecule has 0 aromatic heterocycles. The second-order valence-corrected chi connectivity index (χ2v) is 9.18. The van der Waals surface area contributed by atoms with E-state index in [-0.39, 0.29) is 42.2 Å². The van der Waals surface area contributed by atoms with Gasteiger partial charge in [0.15, 0.2) is 9.84 Å². The molecular formula is C20H27Cl2N3O3S. The maximum absolute atomic E-state index is 12.4. The molecule has 1 heterocycles. The number of nitrogens with one attached hydrogen (secondary N) is 1. The normalized spacial score (nSPS) is 15.6. The van der Waals surface area contributed by atoms with Gasteiger partial charge < -0.3 is 11.1 Å². The molecule has 1 amide bonds. The van der Waals surface area contributed by atoms with Gasteiger partial charge in [-0.3, -0.25) is 9.69 Å². The number of nitrogens with two attached hydrogens (primary N) is 1. The first-order chi connectivity index (χ1) is 12.9. The van der Waals surface area contributed by atoms with E-state index in [4.69, 9.17) is 5.73 Å². The van der Waals surface area contributed by atoms with Crippen molar-refractivity contribution in [3.8, 4) is 0 Å². The van der Waals surface area contributed by atoms with Gasteiger partial charge in [0, 0.05) is 37.4 Å². The van der Waals surface area contributed by atoms with E-state index >= 15 is 0 Å². The molecule has 1 saturated heterocycles. The summed E-state index contributed by atoms with van der Waals surface area (Å²) in [6, 6.07) is 15.1. The van der Waals surface area contributed by atoms with Gasteiger partial charge in [0.25, 0.3) is 5.91 Å². The lowest BCUT2D eigenvalue weighted by Gasteiger charge is -2.26. The average Bonchev–Trinajstić information content (AvgIpc) is 2.65. The maximum Gasteiger partial charge on any atom is 0.251 e. The van der Waals surface area contributed by atoms with Crippen molar-refractivity contribution in [2.75, 3.05) is 36.9 Å². The van der Waals surface area contributed by atoms with Gasteiger partial charge in [-0.1, -0.05) is 24.3 Å². The van der Waals surface area contributed by atoms with Crippen molar-refractivity contribution in [1.29, 1.82) is 0 Å². The van der Waals surface area contributed by atoms with Crippen LogP contribution in [0.25, 0.3) is 0 Å². The van der Waals surface area contributed by atoms with Crippen molar-refractivity contribution < 1.29 is 13.2 Å². The Kier molecular flexibility index (Phi) is 9.92. The number of halogens is 2. The number of benzene rings is 2. The molecule has 2 aromatic carbocycles. The van der Waals surface area contributed by atoms with Gasteiger partial charge in [-0.15, -0.1) is 24.8 Å². The molecule has 6 nitrogen and oxygen atoms in total. The zero-order valence-electron chi connectivity index (χ0n) is 16.0. The SMILES string of the molecule is Cl.Cl.Nc1ccc(CCNC(=O)c2cccc(CN3CCS(=O)(=O)CC3)c2)cc1. The molecule has 0 atom stereocenters. The third-order valence-electron chi connectivity index (χ3n) is 4.71. The van der Waals surface area contributed by atoms with E-state index in [0.717, 1.165) is 23.2 Å². The molecule has 0 spiro atoms. The number of rotatable bonds is 6. The predicted octanol–water partition coefficient (Wildman–Crippen LogP) is 2.32. The molecule has 1 aliphatic rings. The predicted molar refractivity (Wildman–Crippen MR) is 122 cm³/mol. The van der Waals surface area contributed by atoms with Crippen LogP contribution in [0.2, 0.25) is 0 Å². The van der Waals surface area contributed by atoms with Crippen LogP contribution in [0.3, 0.4) is 0 Å². The topological polar surface area (TPSA) is 92.5 Å². The van der Waals surface area contributed by atoms with Gasteiger partial charge in [0.05, 0.1) is 11.5 Å². The minimum atomic E-state index is -2.88. The molecule has 160 valence electrons. The standard InChI is InChI=1S/C20H25N3O3S.2ClH/c21-19-6-4-16(5-7-19)8-9-22-20(24)18-3-1-2-17(14-18)15-23-10-12-27(25,26)13-11-23;;/h1-7,14H,8-13,15,21H2,(H,22,24);2*1H. The van der Waals surface area contributed by atoms with E-state index < -0.39 is 9.84 Å². The molecule has 0 unspecified atom stereocenters. The van der Waals surface area contributed by atoms with Gasteiger partial charge in [-0.25, -0.2) is 8.42 Å². The number of nitrogen functional groups attached to an aromatic ring is 1. The molecule has 2 aromatic rings. The molecule has 3 rings (SSSR count). The summed E-state index contributed by atoms with van der Waals surface area (Å²) in [7, 11) is -2.88. The number of amides is 1. The lowest BCUT2D eigenvalue weighted by atomic mass is 10.1. The first-order valence-corrected chi connectivity index (χ1v) is 10.9. The van der Waals surface area contributed by atoms with Crippen molar-refractivity contribution in [1.82, 2.24) is 10.2 Å². The third kappa shape index (κ3) is 7.85. The van der Waals surface area contributed by atoms with E-state index in [9.17, 15) is 13.2 Å². The van der Waals surface area contributed by atoms with Crippen LogP contribution < -0.4 is 11.1 Å². The van der Waals surface area contributed by atoms with Gasteiger partial charge in [-0.05, 0) is 41.8 Å². The van der Waals surface area contributed by atoms with E-state index in [0.29, 0.717) is 31.7 Å². The first-order valence-electron chi connectivity index (χ1n) is 9.06. The smallest absolute Gasteiger partial charge is 0.251 e. The fourth-order valence-electron chi connectivity index (χ4n) is 3.08. The Morgan fingerprint density at radius 1 is 1.00 bits per heavy atom. The fourth-order valence-corrected chi connectivity index (χ4v) is 4.36. The summed E-state index contributed by atoms with van der Waals surface area (Å²) in [5.41, 5.74) is 9.16. The summed E-state index contributed by atoms with van der Waals surface area (Å²) in [5.74, 6) is 0.310. The van der Waals surface area contributed by atoms with E-state index in [1.807, 2.05) is 42.5 Å². The average molecular weight is 460 g/mol. The molecule has 0 saturated carbocycles. The highest BCUT2D eigenvalue weighted by Gasteiger charge is 2.21. The summed E-state index contributed by atoms with van der Waals surface area (Å²) in [4.78, 5) is 14.5. The zero-order chi connectivity index (χ0) is 19.3. The quantitative estimate of drug-likeness (QED) is 0.646. The Morgan fingerprint density at radius 2 is 1.66 bits per heavy atom. The van der Waals surface area contributed by atoms with Gasteiger partial charge in [-0.2, -0.15) is 0 Å². The molecule has 0 aliphatic carbocycles. The summed E-state index contributed by atoms with van der Waals surface area (Å²) in [6.45, 7) is 2.29. The molecule has 9 heteroatoms. The van der Waals surface area contributed by atoms with Crippen molar-refractivity contribution in [3.05, 3.63) is 65.2 Å². The second kappa shape index (κ2) is 11.4. The second-order valence-electron chi connectivity index (χ2n) is 6.88. The zero-order valence-corrected chi connectivity index (χ0v) is 18.5. The number of nitrogens with zero attached hydrogens (tertiary/aromatic N) is 1. The lowest BCUT2D eigenvalue weighted by molar-refractivity contribution is 0.0954. The van der Waals surface area contributed by atoms with Crippen molar-refractivity contribution in [2.45, 2.75) is 13.0 Å². The molecule has 3 N–H and O–H groups in total. The number of hydrogen-bond donors (Lipinski definition) is 2. The van der Waals surface area contributed by atoms with Crippen LogP contribution in [0, 0.1) is 0 Å². The monoisotopic (exact) mass is 459 g/mol. The van der Waals surface area contributed by atoms with Crippen LogP contribution in [-0.2, 0) is 22.8 Å². The number of carbonyl (C=O) groups excluding carboxylic acids is 1. The molecule has 29 heavy (non-hydrogen) atoms. The highest BCUT2D eigenvalue weighted by Crippen LogP contribution is 2.12. The van der Waals surface area contributed by atoms with Gasteiger partial charge in [0.1, 0.15) is 0 Å². The van der Waals surface area contributed by atoms with Crippen LogP contribution in [0.4, 0.5) is 5.69 Å². The summed E-state index contributed by atoms with van der Waals surface area (Å²) in [6.07, 6.45) is 0.744. The molecule has 0 bridgehead atoms. The molecular weight excluding hydrogens is 433 g/mol. The largest absolute Gasteiger partial charge is 0.399 e. The van der Waals surface area contributed by atoms with E-state index in [1.54, 1.807) is 6.07 Å². The van der Waals surface area contributed by atoms with Crippen LogP contribution in [0.1, 0.15) is 21.5 Å². The van der Waals surface area contributed by atoms with Gasteiger partial charge >= 0.3 is 0 Å². The van der Waals surface area contributed by atoms with E-state index in [2.05, 4.69) is 10.2 Å². The molecule has 1 fully saturated rings. The van der Waals surface area contributed by atoms with Crippen molar-refractivity contribution in [2.24, 2.45) is 0 Å². The Bertz CT molecular complexity index is 891. The van der Waals surface area contributed by atoms with Crippen molar-refractivity contribution in [3.63, 3.8) is 0 Å². The Morgan fingerprint density at radius 3 is 2.31 bits per heavy atom. The van der Waals surface area contributed by atoms with Crippen LogP contribution in [0.15, 0.2) is 48.5 Å². The first kappa shape index (κ1) is 25.2. The minimum absolute atomic E-state index is 0. The highest BCUT2D eigenvalue weighted by atomic mass is 35.5. The number of hydrogen-bond acceptors (Lipinski definition) is 5. The number of carbonyl (C=O) groups is 1. The number of sulfone groups is 1. The molecule has 1 aliphatic heterocycles. The summed E-state index contributed by atoms with van der Waals surface area (Å²) >= 11 is 0. The van der Waals surface area contributed by atoms with Crippen molar-refractivity contribution >= 4 is 46.2 Å². The van der Waals surface area contributed by atoms with Gasteiger partial charge in [0.2, 0.25) is 0 Å². The summed E-state index contributed by atoms with van der Waals surface area (Å²) < 4.78 is 23.1. The number of anilines is 1. The Balaban J connectivity index is 0.00000210. The third-order valence-corrected chi connectivity index (χ3v) is 6.32. The summed E-state index contributed by atoms with van der Waals surface area (Å²) in [5, 5.41) is 2.94. The maximum atomic E-state index is 12.4. The van der Waals surface area contributed by atoms with Crippen LogP contribution in [0.5, 0.6) is 0 Å². The van der Waals surface area contributed by atoms with Crippen LogP contribution in [-0.4, -0.2) is 50.4 Å². The highest BCUT2D eigenvalue weighted by molar-refractivity contribution is 7.91. The minimum Gasteiger partial charge on any atom is -0.399 e. The van der Waals surface area contributed by atoms with Crippen LogP contribution >= 0.6 is 24.8 Å².